The first kappa shape index (κ1) is 27.1. The summed E-state index contributed by atoms with van der Waals surface area (Å²) in [5, 5.41) is 5.52. The van der Waals surface area contributed by atoms with Crippen LogP contribution >= 0.6 is 0 Å². The van der Waals surface area contributed by atoms with Gasteiger partial charge >= 0.3 is 0 Å². The van der Waals surface area contributed by atoms with E-state index in [1.807, 2.05) is 0 Å². The lowest BCUT2D eigenvalue weighted by Gasteiger charge is -2.42. The number of likely N-dealkylation sites (N-methyl/N-ethyl adjacent to an activating group) is 1. The van der Waals surface area contributed by atoms with Crippen LogP contribution in [0.25, 0.3) is 0 Å². The normalized spacial score (nSPS) is 20.2. The summed E-state index contributed by atoms with van der Waals surface area (Å²) < 4.78 is 31.5. The van der Waals surface area contributed by atoms with Crippen LogP contribution in [0.5, 0.6) is 11.5 Å². The number of anilines is 2. The minimum atomic E-state index is -0.634. The predicted octanol–water partition coefficient (Wildman–Crippen LogP) is 4.50. The summed E-state index contributed by atoms with van der Waals surface area (Å²) in [4.78, 5) is 40.3. The second-order valence-corrected chi connectivity index (χ2v) is 9.80. The number of fused-ring (bicyclic) bond motifs is 2. The van der Waals surface area contributed by atoms with Crippen LogP contribution in [0.1, 0.15) is 40.0 Å². The van der Waals surface area contributed by atoms with Gasteiger partial charge in [-0.25, -0.2) is 4.39 Å². The summed E-state index contributed by atoms with van der Waals surface area (Å²) in [6.07, 6.45) is 0.641. The summed E-state index contributed by atoms with van der Waals surface area (Å²) in [6, 6.07) is 17.3. The molecule has 0 aromatic heterocycles. The smallest absolute Gasteiger partial charge is 0.258 e. The van der Waals surface area contributed by atoms with Gasteiger partial charge in [-0.1, -0.05) is 18.2 Å². The molecule has 2 aliphatic heterocycles. The quantitative estimate of drug-likeness (QED) is 0.471. The first-order chi connectivity index (χ1) is 19.3. The van der Waals surface area contributed by atoms with Gasteiger partial charge in [0.2, 0.25) is 5.91 Å². The molecule has 1 fully saturated rings. The first-order valence-electron chi connectivity index (χ1n) is 13.0. The Morgan fingerprint density at radius 1 is 1.02 bits per heavy atom. The van der Waals surface area contributed by atoms with Crippen LogP contribution in [0.2, 0.25) is 0 Å². The second kappa shape index (κ2) is 11.7. The molecule has 3 aromatic carbocycles. The van der Waals surface area contributed by atoms with Crippen molar-refractivity contribution in [2.75, 3.05) is 31.4 Å². The predicted molar refractivity (Wildman–Crippen MR) is 146 cm³/mol. The summed E-state index contributed by atoms with van der Waals surface area (Å²) >= 11 is 0. The van der Waals surface area contributed by atoms with Gasteiger partial charge in [0.05, 0.1) is 36.8 Å². The molecule has 0 saturated carbocycles. The van der Waals surface area contributed by atoms with E-state index >= 15 is 0 Å². The Kier molecular flexibility index (Phi) is 7.97. The Balaban J connectivity index is 1.25. The molecule has 2 aliphatic rings. The van der Waals surface area contributed by atoms with E-state index in [2.05, 4.69) is 10.6 Å². The number of carbonyl (C=O) groups excluding carboxylic acids is 3. The van der Waals surface area contributed by atoms with Crippen molar-refractivity contribution in [1.29, 1.82) is 0 Å². The first-order valence-corrected chi connectivity index (χ1v) is 13.0. The van der Waals surface area contributed by atoms with E-state index in [9.17, 15) is 18.8 Å². The van der Waals surface area contributed by atoms with E-state index in [4.69, 9.17) is 14.2 Å². The molecule has 40 heavy (non-hydrogen) atoms. The van der Waals surface area contributed by atoms with Crippen molar-refractivity contribution in [2.45, 2.75) is 37.5 Å². The van der Waals surface area contributed by atoms with Crippen molar-refractivity contribution in [3.05, 3.63) is 83.7 Å². The van der Waals surface area contributed by atoms with Crippen LogP contribution < -0.4 is 20.1 Å². The molecule has 9 nitrogen and oxygen atoms in total. The average molecular weight is 548 g/mol. The van der Waals surface area contributed by atoms with Crippen LogP contribution in [-0.4, -0.2) is 61.6 Å². The topological polar surface area (TPSA) is 106 Å². The zero-order chi connectivity index (χ0) is 28.2. The standard InChI is InChI=1S/C30H30FN3O6/c1-34-25-12-11-21(16-28(35)32-18-6-5-7-20(14-18)38-2)40-27(25)17-39-26-13-10-19(15-23(26)30(34)37)33-29(36)22-8-3-4-9-24(22)31/h3-10,13-15,21,25,27H,11-12,16-17H2,1-2H3,(H,32,35)(H,33,36)/t21-,25+,27-/m0/s1. The highest BCUT2D eigenvalue weighted by atomic mass is 19.1. The Morgan fingerprint density at radius 3 is 2.62 bits per heavy atom. The van der Waals surface area contributed by atoms with Gasteiger partial charge in [-0.15, -0.1) is 0 Å². The number of ether oxygens (including phenoxy) is 3. The molecular weight excluding hydrogens is 517 g/mol. The number of hydrogen-bond acceptors (Lipinski definition) is 6. The van der Waals surface area contributed by atoms with E-state index in [-0.39, 0.29) is 48.1 Å². The van der Waals surface area contributed by atoms with Crippen molar-refractivity contribution in [3.63, 3.8) is 0 Å². The third-order valence-corrected chi connectivity index (χ3v) is 7.15. The summed E-state index contributed by atoms with van der Waals surface area (Å²) in [5.41, 5.74) is 1.17. The third kappa shape index (κ3) is 5.91. The molecule has 0 bridgehead atoms. The number of amides is 3. The van der Waals surface area contributed by atoms with Crippen molar-refractivity contribution in [1.82, 2.24) is 4.90 Å². The van der Waals surface area contributed by atoms with Gasteiger partial charge in [0.15, 0.2) is 0 Å². The zero-order valence-electron chi connectivity index (χ0n) is 22.2. The number of carbonyl (C=O) groups is 3. The zero-order valence-corrected chi connectivity index (χ0v) is 22.2. The molecule has 3 atom stereocenters. The van der Waals surface area contributed by atoms with Crippen LogP contribution in [0.4, 0.5) is 15.8 Å². The van der Waals surface area contributed by atoms with Crippen molar-refractivity contribution < 1.29 is 33.0 Å². The van der Waals surface area contributed by atoms with Gasteiger partial charge in [-0.3, -0.25) is 14.4 Å². The summed E-state index contributed by atoms with van der Waals surface area (Å²) in [5.74, 6) is -0.722. The molecule has 10 heteroatoms. The molecule has 3 aromatic rings. The number of halogens is 1. The summed E-state index contributed by atoms with van der Waals surface area (Å²) in [6.45, 7) is 0.185. The Labute approximate surface area is 231 Å². The van der Waals surface area contributed by atoms with E-state index < -0.39 is 17.8 Å². The maximum atomic E-state index is 14.0. The monoisotopic (exact) mass is 547 g/mol. The van der Waals surface area contributed by atoms with Gasteiger partial charge in [0.1, 0.15) is 30.0 Å². The number of nitrogens with zero attached hydrogens (tertiary/aromatic N) is 1. The highest BCUT2D eigenvalue weighted by Crippen LogP contribution is 2.33. The van der Waals surface area contributed by atoms with Gasteiger partial charge in [0, 0.05) is 24.5 Å². The molecule has 3 amide bonds. The van der Waals surface area contributed by atoms with Crippen LogP contribution in [0.15, 0.2) is 66.7 Å². The number of benzene rings is 3. The van der Waals surface area contributed by atoms with Crippen LogP contribution in [0, 0.1) is 5.82 Å². The van der Waals surface area contributed by atoms with Gasteiger partial charge in [-0.05, 0) is 55.3 Å². The Morgan fingerprint density at radius 2 is 1.82 bits per heavy atom. The van der Waals surface area contributed by atoms with Crippen LogP contribution in [0.3, 0.4) is 0 Å². The number of rotatable bonds is 6. The molecule has 0 spiro atoms. The lowest BCUT2D eigenvalue weighted by atomic mass is 9.94. The van der Waals surface area contributed by atoms with Crippen molar-refractivity contribution >= 4 is 29.1 Å². The molecule has 5 rings (SSSR count). The van der Waals surface area contributed by atoms with Gasteiger partial charge < -0.3 is 29.7 Å². The van der Waals surface area contributed by atoms with Gasteiger partial charge in [-0.2, -0.15) is 0 Å². The molecule has 2 N–H and O–H groups in total. The number of nitrogens with one attached hydrogen (secondary N) is 2. The SMILES string of the molecule is COc1cccc(NC(=O)C[C@@H]2CC[C@@H]3[C@H](COc4ccc(NC(=O)c5ccccc5F)cc4C(=O)N3C)O2)c1. The highest BCUT2D eigenvalue weighted by Gasteiger charge is 2.39. The Bertz CT molecular complexity index is 1430. The maximum Gasteiger partial charge on any atom is 0.258 e. The van der Waals surface area contributed by atoms with Crippen molar-refractivity contribution in [3.8, 4) is 11.5 Å². The molecule has 2 heterocycles. The van der Waals surface area contributed by atoms with Crippen LogP contribution in [-0.2, 0) is 9.53 Å². The largest absolute Gasteiger partial charge is 0.497 e. The fourth-order valence-electron chi connectivity index (χ4n) is 5.07. The van der Waals surface area contributed by atoms with E-state index in [0.29, 0.717) is 35.7 Å². The molecule has 0 radical (unpaired) electrons. The lowest BCUT2D eigenvalue weighted by molar-refractivity contribution is -0.130. The van der Waals surface area contributed by atoms with Gasteiger partial charge in [0.25, 0.3) is 11.8 Å². The molecule has 1 saturated heterocycles. The third-order valence-electron chi connectivity index (χ3n) is 7.15. The second-order valence-electron chi connectivity index (χ2n) is 9.80. The number of methoxy groups -OCH3 is 1. The maximum absolute atomic E-state index is 14.0. The number of hydrogen-bond donors (Lipinski definition) is 2. The summed E-state index contributed by atoms with van der Waals surface area (Å²) in [7, 11) is 3.27. The van der Waals surface area contributed by atoms with E-state index in [0.717, 1.165) is 0 Å². The molecular formula is C30H30FN3O6. The molecule has 0 aliphatic carbocycles. The Hall–Kier alpha value is -4.44. The highest BCUT2D eigenvalue weighted by molar-refractivity contribution is 6.05. The molecule has 208 valence electrons. The van der Waals surface area contributed by atoms with Crippen molar-refractivity contribution in [2.24, 2.45) is 0 Å². The fourth-order valence-corrected chi connectivity index (χ4v) is 5.07. The minimum Gasteiger partial charge on any atom is -0.497 e. The average Bonchev–Trinajstić information content (AvgIpc) is 2.95. The lowest BCUT2D eigenvalue weighted by Crippen LogP contribution is -2.53. The molecule has 0 unspecified atom stereocenters. The fraction of sp³-hybridized carbons (Fsp3) is 0.300. The van der Waals surface area contributed by atoms with E-state index in [1.54, 1.807) is 61.5 Å². The minimum absolute atomic E-state index is 0.0946. The van der Waals surface area contributed by atoms with E-state index in [1.165, 1.54) is 24.3 Å².